The van der Waals surface area contributed by atoms with Gasteiger partial charge in [-0.1, -0.05) is 6.42 Å². The average molecular weight is 246 g/mol. The number of nitrogens with one attached hydrogen (secondary N) is 1. The van der Waals surface area contributed by atoms with Gasteiger partial charge in [0.1, 0.15) is 0 Å². The van der Waals surface area contributed by atoms with Crippen LogP contribution in [-0.4, -0.2) is 44.7 Å². The van der Waals surface area contributed by atoms with Crippen LogP contribution in [0.15, 0.2) is 0 Å². The number of hydrogen-bond acceptors (Lipinski definition) is 3. The first-order valence-corrected chi connectivity index (χ1v) is 7.98. The highest BCUT2D eigenvalue weighted by atomic mass is 32.2. The molecule has 1 saturated heterocycles. The fraction of sp³-hybridized carbons (Fsp3) is 1.00. The molecule has 0 amide bonds. The predicted molar refractivity (Wildman–Crippen MR) is 64.8 cm³/mol. The van der Waals surface area contributed by atoms with Gasteiger partial charge in [-0.3, -0.25) is 0 Å². The molecule has 1 N–H and O–H groups in total. The second-order valence-corrected chi connectivity index (χ2v) is 7.01. The van der Waals surface area contributed by atoms with Crippen molar-refractivity contribution in [3.8, 4) is 0 Å². The molecule has 0 aromatic carbocycles. The summed E-state index contributed by atoms with van der Waals surface area (Å²) in [5, 5.41) is 3.24. The van der Waals surface area contributed by atoms with Crippen LogP contribution in [0, 0.1) is 5.92 Å². The molecule has 0 spiro atoms. The van der Waals surface area contributed by atoms with Gasteiger partial charge in [-0.2, -0.15) is 0 Å². The Bertz CT molecular complexity index is 306. The first-order valence-electron chi connectivity index (χ1n) is 6.37. The van der Waals surface area contributed by atoms with Crippen LogP contribution in [0.5, 0.6) is 0 Å². The minimum Gasteiger partial charge on any atom is -0.315 e. The highest BCUT2D eigenvalue weighted by molar-refractivity contribution is 7.89. The van der Waals surface area contributed by atoms with Crippen molar-refractivity contribution in [1.82, 2.24) is 9.62 Å². The van der Waals surface area contributed by atoms with E-state index in [1.54, 1.807) is 4.31 Å². The zero-order chi connectivity index (χ0) is 11.4. The predicted octanol–water partition coefficient (Wildman–Crippen LogP) is 0.802. The molecule has 0 atom stereocenters. The lowest BCUT2D eigenvalue weighted by Gasteiger charge is -2.25. The summed E-state index contributed by atoms with van der Waals surface area (Å²) in [6.45, 7) is 3.06. The molecule has 16 heavy (non-hydrogen) atoms. The highest BCUT2D eigenvalue weighted by Gasteiger charge is 2.24. The molecule has 2 rings (SSSR count). The minimum atomic E-state index is -2.99. The SMILES string of the molecule is O=S(=O)(CCNCC1CC1)N1CCCCC1. The molecule has 1 aliphatic heterocycles. The quantitative estimate of drug-likeness (QED) is 0.705. The summed E-state index contributed by atoms with van der Waals surface area (Å²) < 4.78 is 25.5. The van der Waals surface area contributed by atoms with E-state index in [0.717, 1.165) is 38.4 Å². The summed E-state index contributed by atoms with van der Waals surface area (Å²) in [6, 6.07) is 0. The van der Waals surface area contributed by atoms with E-state index in [4.69, 9.17) is 0 Å². The third kappa shape index (κ3) is 3.71. The van der Waals surface area contributed by atoms with Crippen molar-refractivity contribution in [2.45, 2.75) is 32.1 Å². The van der Waals surface area contributed by atoms with Gasteiger partial charge in [0.05, 0.1) is 5.75 Å². The highest BCUT2D eigenvalue weighted by Crippen LogP contribution is 2.27. The Morgan fingerprint density at radius 2 is 1.81 bits per heavy atom. The van der Waals surface area contributed by atoms with Crippen LogP contribution >= 0.6 is 0 Å². The summed E-state index contributed by atoms with van der Waals surface area (Å²) in [5.74, 6) is 1.08. The van der Waals surface area contributed by atoms with Crippen LogP contribution in [0.3, 0.4) is 0 Å². The van der Waals surface area contributed by atoms with E-state index < -0.39 is 10.0 Å². The van der Waals surface area contributed by atoms with Gasteiger partial charge in [-0.15, -0.1) is 0 Å². The van der Waals surface area contributed by atoms with Crippen molar-refractivity contribution in [1.29, 1.82) is 0 Å². The number of hydrogen-bond donors (Lipinski definition) is 1. The van der Waals surface area contributed by atoms with Crippen LogP contribution in [0.25, 0.3) is 0 Å². The van der Waals surface area contributed by atoms with E-state index in [1.165, 1.54) is 19.3 Å². The maximum absolute atomic E-state index is 11.9. The first-order chi connectivity index (χ1) is 7.68. The number of sulfonamides is 1. The van der Waals surface area contributed by atoms with E-state index >= 15 is 0 Å². The lowest BCUT2D eigenvalue weighted by molar-refractivity contribution is 0.346. The number of rotatable bonds is 6. The summed E-state index contributed by atoms with van der Waals surface area (Å²) in [5.41, 5.74) is 0. The molecule has 1 heterocycles. The molecular formula is C11H22N2O2S. The molecule has 0 bridgehead atoms. The Balaban J connectivity index is 1.68. The standard InChI is InChI=1S/C11H22N2O2S/c14-16(15,13-7-2-1-3-8-13)9-6-12-10-11-4-5-11/h11-12H,1-10H2. The van der Waals surface area contributed by atoms with Crippen molar-refractivity contribution in [2.75, 3.05) is 31.9 Å². The van der Waals surface area contributed by atoms with Crippen LogP contribution < -0.4 is 5.32 Å². The molecule has 0 aromatic rings. The topological polar surface area (TPSA) is 49.4 Å². The maximum Gasteiger partial charge on any atom is 0.215 e. The Hall–Kier alpha value is -0.130. The van der Waals surface area contributed by atoms with Gasteiger partial charge in [0.2, 0.25) is 10.0 Å². The molecular weight excluding hydrogens is 224 g/mol. The van der Waals surface area contributed by atoms with Crippen LogP contribution in [0.1, 0.15) is 32.1 Å². The van der Waals surface area contributed by atoms with Gasteiger partial charge in [0.15, 0.2) is 0 Å². The van der Waals surface area contributed by atoms with Gasteiger partial charge in [0, 0.05) is 19.6 Å². The summed E-state index contributed by atoms with van der Waals surface area (Å²) in [6.07, 6.45) is 5.84. The van der Waals surface area contributed by atoms with Crippen molar-refractivity contribution < 1.29 is 8.42 Å². The third-order valence-corrected chi connectivity index (χ3v) is 5.25. The molecule has 0 radical (unpaired) electrons. The molecule has 2 fully saturated rings. The summed E-state index contributed by atoms with van der Waals surface area (Å²) in [4.78, 5) is 0. The summed E-state index contributed by atoms with van der Waals surface area (Å²) >= 11 is 0. The zero-order valence-electron chi connectivity index (χ0n) is 9.82. The Kier molecular flexibility index (Phi) is 4.21. The largest absolute Gasteiger partial charge is 0.315 e. The fourth-order valence-corrected chi connectivity index (χ4v) is 3.58. The van der Waals surface area contributed by atoms with Crippen LogP contribution in [-0.2, 0) is 10.0 Å². The van der Waals surface area contributed by atoms with Crippen molar-refractivity contribution in [3.05, 3.63) is 0 Å². The van der Waals surface area contributed by atoms with Gasteiger partial charge >= 0.3 is 0 Å². The minimum absolute atomic E-state index is 0.264. The number of piperidine rings is 1. The maximum atomic E-state index is 11.9. The fourth-order valence-electron chi connectivity index (χ4n) is 2.10. The van der Waals surface area contributed by atoms with E-state index in [9.17, 15) is 8.42 Å². The number of nitrogens with zero attached hydrogens (tertiary/aromatic N) is 1. The van der Waals surface area contributed by atoms with E-state index in [2.05, 4.69) is 5.32 Å². The van der Waals surface area contributed by atoms with Gasteiger partial charge in [0.25, 0.3) is 0 Å². The van der Waals surface area contributed by atoms with Crippen molar-refractivity contribution in [2.24, 2.45) is 5.92 Å². The van der Waals surface area contributed by atoms with Gasteiger partial charge in [-0.25, -0.2) is 12.7 Å². The second kappa shape index (κ2) is 5.47. The van der Waals surface area contributed by atoms with Gasteiger partial charge in [-0.05, 0) is 38.1 Å². The second-order valence-electron chi connectivity index (χ2n) is 4.92. The van der Waals surface area contributed by atoms with Crippen LogP contribution in [0.4, 0.5) is 0 Å². The first kappa shape index (κ1) is 12.3. The smallest absolute Gasteiger partial charge is 0.215 e. The Morgan fingerprint density at radius 1 is 1.12 bits per heavy atom. The normalized spacial score (nSPS) is 23.5. The molecule has 5 heteroatoms. The lowest BCUT2D eigenvalue weighted by Crippen LogP contribution is -2.39. The summed E-state index contributed by atoms with van der Waals surface area (Å²) in [7, 11) is -2.99. The van der Waals surface area contributed by atoms with E-state index in [0.29, 0.717) is 6.54 Å². The molecule has 1 aliphatic carbocycles. The molecule has 4 nitrogen and oxygen atoms in total. The monoisotopic (exact) mass is 246 g/mol. The molecule has 0 aromatic heterocycles. The van der Waals surface area contributed by atoms with Crippen molar-refractivity contribution >= 4 is 10.0 Å². The Labute approximate surface area is 98.4 Å². The van der Waals surface area contributed by atoms with E-state index in [1.807, 2.05) is 0 Å². The molecule has 2 aliphatic rings. The van der Waals surface area contributed by atoms with Crippen LogP contribution in [0.2, 0.25) is 0 Å². The van der Waals surface area contributed by atoms with E-state index in [-0.39, 0.29) is 5.75 Å². The van der Waals surface area contributed by atoms with Crippen molar-refractivity contribution in [3.63, 3.8) is 0 Å². The molecule has 94 valence electrons. The average Bonchev–Trinajstić information content (AvgIpc) is 3.10. The Morgan fingerprint density at radius 3 is 2.44 bits per heavy atom. The lowest BCUT2D eigenvalue weighted by atomic mass is 10.2. The molecule has 0 unspecified atom stereocenters. The third-order valence-electron chi connectivity index (χ3n) is 3.38. The zero-order valence-corrected chi connectivity index (χ0v) is 10.6. The van der Waals surface area contributed by atoms with Gasteiger partial charge < -0.3 is 5.32 Å². The molecule has 1 saturated carbocycles.